The Labute approximate surface area is 303 Å². The van der Waals surface area contributed by atoms with Crippen LogP contribution in [0.25, 0.3) is 0 Å². The van der Waals surface area contributed by atoms with Gasteiger partial charge in [-0.2, -0.15) is 0 Å². The number of carboxylic acid groups (broad SMARTS) is 1. The molecule has 0 radical (unpaired) electrons. The minimum Gasteiger partial charge on any atom is -0.481 e. The zero-order valence-corrected chi connectivity index (χ0v) is 32.6. The molecule has 0 aliphatic heterocycles. The molecule has 11 nitrogen and oxygen atoms in total. The second-order valence-electron chi connectivity index (χ2n) is 19.1. The van der Waals surface area contributed by atoms with Crippen molar-refractivity contribution in [1.29, 1.82) is 0 Å². The second-order valence-corrected chi connectivity index (χ2v) is 19.1. The molecule has 2 amide bonds. The van der Waals surface area contributed by atoms with E-state index in [2.05, 4.69) is 69.3 Å². The normalized spacial score (nSPS) is 37.2. The Kier molecular flexibility index (Phi) is 9.14. The average Bonchev–Trinajstić information content (AvgIpc) is 3.56. The number of carbonyl (C=O) groups excluding carboxylic acids is 3. The Morgan fingerprint density at radius 3 is 2.33 bits per heavy atom. The first kappa shape index (κ1) is 37.5. The molecule has 51 heavy (non-hydrogen) atoms. The van der Waals surface area contributed by atoms with Crippen LogP contribution in [-0.2, 0) is 32.7 Å². The Balaban J connectivity index is 1.26. The van der Waals surface area contributed by atoms with Crippen LogP contribution in [0, 0.1) is 50.7 Å². The third-order valence-electron chi connectivity index (χ3n) is 15.4. The Morgan fingerprint density at radius 1 is 1.00 bits per heavy atom. The van der Waals surface area contributed by atoms with Crippen molar-refractivity contribution in [2.75, 3.05) is 0 Å². The van der Waals surface area contributed by atoms with Crippen LogP contribution in [0.3, 0.4) is 0 Å². The lowest BCUT2D eigenvalue weighted by Gasteiger charge is -2.72. The number of aromatic nitrogens is 3. The molecule has 3 N–H and O–H groups in total. The molecule has 4 fully saturated rings. The number of Topliss-reactive ketones (excluding diaryl/α,β-unsaturated/α-hetero) is 1. The van der Waals surface area contributed by atoms with Gasteiger partial charge in [-0.05, 0) is 116 Å². The standard InChI is InChI=1S/C40H61N5O6/c1-23(2)31-25(46)19-40(43-34(50)41-21-29-44-42-22-45(29)10)18-17-38(8)24(32(31)40)11-12-27-37(7)15-14-28(51-30(47)20-35(3,4)33(48)49)36(5,6)26(37)13-16-39(27,38)9/h22-24,26-28H,11-21H2,1-10H3,(H,48,49)(H2,41,43,50)/t24-,26+,27-,28+,37+,38-,39-,40-/m1/s1. The first-order valence-electron chi connectivity index (χ1n) is 19.2. The fourth-order valence-electron chi connectivity index (χ4n) is 12.5. The highest BCUT2D eigenvalue weighted by Crippen LogP contribution is 2.76. The van der Waals surface area contributed by atoms with E-state index in [1.807, 2.05) is 7.05 Å². The summed E-state index contributed by atoms with van der Waals surface area (Å²) >= 11 is 0. The van der Waals surface area contributed by atoms with E-state index in [1.165, 1.54) is 5.57 Å². The highest BCUT2D eigenvalue weighted by atomic mass is 16.5. The van der Waals surface area contributed by atoms with Crippen LogP contribution in [0.15, 0.2) is 17.5 Å². The molecule has 6 rings (SSSR count). The third kappa shape index (κ3) is 5.74. The summed E-state index contributed by atoms with van der Waals surface area (Å²) in [5.74, 6) is 0.470. The molecule has 1 heterocycles. The number of rotatable bonds is 8. The molecule has 282 valence electrons. The average molecular weight is 708 g/mol. The molecular formula is C40H61N5O6. The summed E-state index contributed by atoms with van der Waals surface area (Å²) in [5, 5.41) is 24.0. The maximum absolute atomic E-state index is 13.9. The van der Waals surface area contributed by atoms with Crippen LogP contribution in [0.1, 0.15) is 132 Å². The lowest BCUT2D eigenvalue weighted by Crippen LogP contribution is -2.67. The second kappa shape index (κ2) is 12.4. The number of amides is 2. The van der Waals surface area contributed by atoms with Crippen molar-refractivity contribution in [3.8, 4) is 0 Å². The highest BCUT2D eigenvalue weighted by molar-refractivity contribution is 6.02. The largest absolute Gasteiger partial charge is 0.481 e. The van der Waals surface area contributed by atoms with Crippen molar-refractivity contribution in [3.63, 3.8) is 0 Å². The molecule has 0 bridgehead atoms. The number of allylic oxidation sites excluding steroid dienone is 1. The number of urea groups is 1. The summed E-state index contributed by atoms with van der Waals surface area (Å²) in [7, 11) is 1.85. The molecule has 0 unspecified atom stereocenters. The third-order valence-corrected chi connectivity index (χ3v) is 15.4. The van der Waals surface area contributed by atoms with Crippen LogP contribution in [-0.4, -0.2) is 55.3 Å². The van der Waals surface area contributed by atoms with Gasteiger partial charge in [0.1, 0.15) is 12.4 Å². The van der Waals surface area contributed by atoms with Crippen LogP contribution in [0.4, 0.5) is 4.79 Å². The molecule has 1 aromatic rings. The van der Waals surface area contributed by atoms with Crippen molar-refractivity contribution in [3.05, 3.63) is 23.3 Å². The zero-order chi connectivity index (χ0) is 37.5. The van der Waals surface area contributed by atoms with Gasteiger partial charge in [-0.3, -0.25) is 14.4 Å². The van der Waals surface area contributed by atoms with E-state index < -0.39 is 22.9 Å². The Bertz CT molecular complexity index is 1640. The summed E-state index contributed by atoms with van der Waals surface area (Å²) < 4.78 is 7.93. The van der Waals surface area contributed by atoms with Gasteiger partial charge in [0.25, 0.3) is 0 Å². The first-order chi connectivity index (χ1) is 23.6. The zero-order valence-electron chi connectivity index (χ0n) is 32.6. The van der Waals surface area contributed by atoms with Crippen molar-refractivity contribution in [2.24, 2.45) is 57.8 Å². The summed E-state index contributed by atoms with van der Waals surface area (Å²) in [6.07, 6.45) is 9.01. The molecule has 0 saturated heterocycles. The number of hydrogen-bond donors (Lipinski definition) is 3. The number of esters is 1. The number of fused-ring (bicyclic) bond motifs is 7. The predicted octanol–water partition coefficient (Wildman–Crippen LogP) is 6.76. The lowest BCUT2D eigenvalue weighted by molar-refractivity contribution is -0.232. The summed E-state index contributed by atoms with van der Waals surface area (Å²) in [5.41, 5.74) is 0.00803. The SMILES string of the molecule is CC(C)C1=C2[C@H]3CC[C@@H]4[C@@]5(C)CC[C@H](OC(=O)CC(C)(C)C(=O)O)C(C)(C)[C@@H]5CC[C@@]4(C)[C@]3(C)CC[C@@]2(NC(=O)NCc2nncn2C)CC1=O. The van der Waals surface area contributed by atoms with Crippen LogP contribution >= 0.6 is 0 Å². The van der Waals surface area contributed by atoms with Gasteiger partial charge in [-0.1, -0.05) is 48.5 Å². The maximum atomic E-state index is 13.9. The van der Waals surface area contributed by atoms with Gasteiger partial charge in [0, 0.05) is 18.9 Å². The smallest absolute Gasteiger partial charge is 0.315 e. The molecule has 5 aliphatic rings. The summed E-state index contributed by atoms with van der Waals surface area (Å²) in [6.45, 7) is 19.6. The number of aryl methyl sites for hydroxylation is 1. The number of nitrogens with zero attached hydrogens (tertiary/aromatic N) is 3. The van der Waals surface area contributed by atoms with Gasteiger partial charge in [0.05, 0.1) is 23.9 Å². The molecule has 0 spiro atoms. The van der Waals surface area contributed by atoms with E-state index in [0.29, 0.717) is 24.1 Å². The number of carbonyl (C=O) groups is 4. The van der Waals surface area contributed by atoms with E-state index in [0.717, 1.165) is 56.9 Å². The van der Waals surface area contributed by atoms with Crippen molar-refractivity contribution in [1.82, 2.24) is 25.4 Å². The Hall–Kier alpha value is -3.24. The molecular weight excluding hydrogens is 646 g/mol. The van der Waals surface area contributed by atoms with Gasteiger partial charge >= 0.3 is 18.0 Å². The minimum absolute atomic E-state index is 0.0205. The monoisotopic (exact) mass is 707 g/mol. The van der Waals surface area contributed by atoms with Gasteiger partial charge < -0.3 is 25.0 Å². The quantitative estimate of drug-likeness (QED) is 0.251. The van der Waals surface area contributed by atoms with E-state index in [9.17, 15) is 24.3 Å². The number of nitrogens with one attached hydrogen (secondary N) is 2. The topological polar surface area (TPSA) is 153 Å². The predicted molar refractivity (Wildman–Crippen MR) is 192 cm³/mol. The summed E-state index contributed by atoms with van der Waals surface area (Å²) in [6, 6.07) is -0.281. The highest BCUT2D eigenvalue weighted by Gasteiger charge is 2.70. The van der Waals surface area contributed by atoms with Gasteiger partial charge in [-0.15, -0.1) is 10.2 Å². The molecule has 8 atom stereocenters. The van der Waals surface area contributed by atoms with E-state index in [-0.39, 0.29) is 64.4 Å². The van der Waals surface area contributed by atoms with Crippen LogP contribution in [0.5, 0.6) is 0 Å². The van der Waals surface area contributed by atoms with Crippen molar-refractivity contribution in [2.45, 2.75) is 145 Å². The molecule has 1 aromatic heterocycles. The molecule has 11 heteroatoms. The fraction of sp³-hybridized carbons (Fsp3) is 0.800. The van der Waals surface area contributed by atoms with Crippen LogP contribution in [0.2, 0.25) is 0 Å². The Morgan fingerprint density at radius 2 is 1.71 bits per heavy atom. The van der Waals surface area contributed by atoms with E-state index in [4.69, 9.17) is 4.74 Å². The van der Waals surface area contributed by atoms with E-state index in [1.54, 1.807) is 24.7 Å². The molecule has 4 saturated carbocycles. The van der Waals surface area contributed by atoms with Crippen molar-refractivity contribution < 1.29 is 29.0 Å². The summed E-state index contributed by atoms with van der Waals surface area (Å²) in [4.78, 5) is 52.2. The number of ketones is 1. The number of ether oxygens (including phenoxy) is 1. The fourth-order valence-corrected chi connectivity index (χ4v) is 12.5. The van der Waals surface area contributed by atoms with E-state index >= 15 is 0 Å². The van der Waals surface area contributed by atoms with Gasteiger partial charge in [-0.25, -0.2) is 4.79 Å². The van der Waals surface area contributed by atoms with Crippen LogP contribution < -0.4 is 10.6 Å². The number of carboxylic acids is 1. The first-order valence-corrected chi connectivity index (χ1v) is 19.2. The lowest BCUT2D eigenvalue weighted by atomic mass is 9.33. The molecule has 0 aromatic carbocycles. The van der Waals surface area contributed by atoms with Gasteiger partial charge in [0.15, 0.2) is 11.6 Å². The number of aliphatic carboxylic acids is 1. The van der Waals surface area contributed by atoms with Crippen molar-refractivity contribution >= 4 is 23.8 Å². The minimum atomic E-state index is -1.17. The van der Waals surface area contributed by atoms with Gasteiger partial charge in [0.2, 0.25) is 0 Å². The molecule has 5 aliphatic carbocycles. The number of hydrogen-bond acceptors (Lipinski definition) is 7. The maximum Gasteiger partial charge on any atom is 0.315 e.